The van der Waals surface area contributed by atoms with Gasteiger partial charge in [0.15, 0.2) is 0 Å². The minimum absolute atomic E-state index is 0.0296. The standard InChI is InChI=1S/C12H14BrNO2/c1-9(15)14-7-3-4-10-5-6-11(13)12(8-10)16-2/h3-6,8H,7H2,1-2H3,(H,14,15). The Balaban J connectivity index is 2.63. The molecule has 0 fully saturated rings. The molecule has 0 spiro atoms. The molecule has 0 unspecified atom stereocenters. The third kappa shape index (κ3) is 4.06. The number of carbonyl (C=O) groups is 1. The Hall–Kier alpha value is -1.29. The Kier molecular flexibility index (Phi) is 5.05. The monoisotopic (exact) mass is 283 g/mol. The maximum atomic E-state index is 10.6. The van der Waals surface area contributed by atoms with Crippen molar-refractivity contribution in [2.75, 3.05) is 13.7 Å². The molecule has 3 nitrogen and oxygen atoms in total. The first kappa shape index (κ1) is 12.8. The van der Waals surface area contributed by atoms with Crippen molar-refractivity contribution >= 4 is 27.9 Å². The first-order valence-electron chi connectivity index (χ1n) is 4.88. The van der Waals surface area contributed by atoms with Crippen LogP contribution in [0.5, 0.6) is 5.75 Å². The summed E-state index contributed by atoms with van der Waals surface area (Å²) in [5, 5.41) is 2.69. The van der Waals surface area contributed by atoms with Crippen LogP contribution in [0.15, 0.2) is 28.7 Å². The second-order valence-electron chi connectivity index (χ2n) is 3.23. The van der Waals surface area contributed by atoms with Crippen molar-refractivity contribution in [1.82, 2.24) is 5.32 Å². The topological polar surface area (TPSA) is 38.3 Å². The molecule has 1 aromatic rings. The molecule has 16 heavy (non-hydrogen) atoms. The lowest BCUT2D eigenvalue weighted by Gasteiger charge is -2.03. The summed E-state index contributed by atoms with van der Waals surface area (Å²) in [6.07, 6.45) is 3.83. The lowest BCUT2D eigenvalue weighted by Crippen LogP contribution is -2.19. The molecule has 0 aliphatic carbocycles. The van der Waals surface area contributed by atoms with E-state index in [1.807, 2.05) is 30.4 Å². The van der Waals surface area contributed by atoms with Gasteiger partial charge in [0.05, 0.1) is 11.6 Å². The minimum Gasteiger partial charge on any atom is -0.496 e. The van der Waals surface area contributed by atoms with Crippen molar-refractivity contribution in [3.05, 3.63) is 34.3 Å². The van der Waals surface area contributed by atoms with E-state index in [-0.39, 0.29) is 5.91 Å². The van der Waals surface area contributed by atoms with Gasteiger partial charge in [-0.2, -0.15) is 0 Å². The molecule has 1 rings (SSSR count). The van der Waals surface area contributed by atoms with Crippen LogP contribution in [-0.2, 0) is 4.79 Å². The van der Waals surface area contributed by atoms with Gasteiger partial charge in [-0.05, 0) is 33.6 Å². The predicted molar refractivity (Wildman–Crippen MR) is 68.4 cm³/mol. The molecule has 1 aromatic carbocycles. The van der Waals surface area contributed by atoms with E-state index in [1.54, 1.807) is 7.11 Å². The molecule has 0 bridgehead atoms. The fraction of sp³-hybridized carbons (Fsp3) is 0.250. The Labute approximate surface area is 104 Å². The highest BCUT2D eigenvalue weighted by atomic mass is 79.9. The van der Waals surface area contributed by atoms with Crippen LogP contribution in [0.2, 0.25) is 0 Å². The van der Waals surface area contributed by atoms with Gasteiger partial charge in [-0.3, -0.25) is 4.79 Å². The highest BCUT2D eigenvalue weighted by molar-refractivity contribution is 9.10. The van der Waals surface area contributed by atoms with Gasteiger partial charge in [-0.15, -0.1) is 0 Å². The van der Waals surface area contributed by atoms with Crippen LogP contribution in [0.1, 0.15) is 12.5 Å². The summed E-state index contributed by atoms with van der Waals surface area (Å²) in [7, 11) is 1.63. The molecular weight excluding hydrogens is 270 g/mol. The van der Waals surface area contributed by atoms with Gasteiger partial charge in [-0.1, -0.05) is 18.2 Å². The minimum atomic E-state index is -0.0296. The quantitative estimate of drug-likeness (QED) is 0.923. The van der Waals surface area contributed by atoms with E-state index >= 15 is 0 Å². The zero-order valence-corrected chi connectivity index (χ0v) is 10.9. The van der Waals surface area contributed by atoms with Gasteiger partial charge < -0.3 is 10.1 Å². The van der Waals surface area contributed by atoms with E-state index in [9.17, 15) is 4.79 Å². The van der Waals surface area contributed by atoms with Gasteiger partial charge in [-0.25, -0.2) is 0 Å². The van der Waals surface area contributed by atoms with E-state index in [0.29, 0.717) is 6.54 Å². The fourth-order valence-corrected chi connectivity index (χ4v) is 1.59. The number of benzene rings is 1. The smallest absolute Gasteiger partial charge is 0.217 e. The summed E-state index contributed by atoms with van der Waals surface area (Å²) in [5.41, 5.74) is 1.03. The lowest BCUT2D eigenvalue weighted by molar-refractivity contribution is -0.118. The van der Waals surface area contributed by atoms with Crippen molar-refractivity contribution in [1.29, 1.82) is 0 Å². The normalized spacial score (nSPS) is 10.4. The molecule has 86 valence electrons. The highest BCUT2D eigenvalue weighted by Gasteiger charge is 1.98. The summed E-state index contributed by atoms with van der Waals surface area (Å²) in [6.45, 7) is 2.03. The van der Waals surface area contributed by atoms with E-state index in [1.165, 1.54) is 6.92 Å². The Morgan fingerprint density at radius 1 is 1.56 bits per heavy atom. The van der Waals surface area contributed by atoms with Crippen LogP contribution in [0, 0.1) is 0 Å². The first-order chi connectivity index (χ1) is 7.63. The van der Waals surface area contributed by atoms with Crippen LogP contribution in [0.4, 0.5) is 0 Å². The van der Waals surface area contributed by atoms with Gasteiger partial charge in [0, 0.05) is 13.5 Å². The molecule has 4 heteroatoms. The van der Waals surface area contributed by atoms with Crippen molar-refractivity contribution in [2.24, 2.45) is 0 Å². The second kappa shape index (κ2) is 6.33. The Morgan fingerprint density at radius 2 is 2.31 bits per heavy atom. The summed E-state index contributed by atoms with van der Waals surface area (Å²) in [4.78, 5) is 10.6. The average molecular weight is 284 g/mol. The van der Waals surface area contributed by atoms with E-state index in [4.69, 9.17) is 4.74 Å². The molecule has 0 heterocycles. The van der Waals surface area contributed by atoms with Gasteiger partial charge >= 0.3 is 0 Å². The van der Waals surface area contributed by atoms with Crippen LogP contribution >= 0.6 is 15.9 Å². The Bertz CT molecular complexity index is 402. The maximum absolute atomic E-state index is 10.6. The molecular formula is C12H14BrNO2. The molecule has 1 amide bonds. The Morgan fingerprint density at radius 3 is 2.94 bits per heavy atom. The fourth-order valence-electron chi connectivity index (χ4n) is 1.18. The molecule has 0 saturated carbocycles. The van der Waals surface area contributed by atoms with Gasteiger partial charge in [0.2, 0.25) is 5.91 Å². The van der Waals surface area contributed by atoms with Crippen molar-refractivity contribution in [3.63, 3.8) is 0 Å². The number of ether oxygens (including phenoxy) is 1. The van der Waals surface area contributed by atoms with E-state index in [2.05, 4.69) is 21.2 Å². The number of carbonyl (C=O) groups excluding carboxylic acids is 1. The molecule has 0 atom stereocenters. The molecule has 0 aliphatic rings. The second-order valence-corrected chi connectivity index (χ2v) is 4.09. The zero-order valence-electron chi connectivity index (χ0n) is 9.29. The van der Waals surface area contributed by atoms with Crippen molar-refractivity contribution in [3.8, 4) is 5.75 Å². The molecule has 0 aromatic heterocycles. The zero-order chi connectivity index (χ0) is 12.0. The maximum Gasteiger partial charge on any atom is 0.217 e. The van der Waals surface area contributed by atoms with Gasteiger partial charge in [0.1, 0.15) is 5.75 Å². The molecule has 0 radical (unpaired) electrons. The number of amides is 1. The third-order valence-corrected chi connectivity index (χ3v) is 2.61. The van der Waals surface area contributed by atoms with Crippen molar-refractivity contribution in [2.45, 2.75) is 6.92 Å². The number of halogens is 1. The van der Waals surface area contributed by atoms with Crippen LogP contribution < -0.4 is 10.1 Å². The molecule has 0 saturated heterocycles. The predicted octanol–water partition coefficient (Wildman–Crippen LogP) is 2.61. The summed E-state index contributed by atoms with van der Waals surface area (Å²) >= 11 is 3.39. The van der Waals surface area contributed by atoms with E-state index < -0.39 is 0 Å². The summed E-state index contributed by atoms with van der Waals surface area (Å²) in [6, 6.07) is 5.82. The largest absolute Gasteiger partial charge is 0.496 e. The number of hydrogen-bond acceptors (Lipinski definition) is 2. The SMILES string of the molecule is COc1cc(C=CCNC(C)=O)ccc1Br. The number of nitrogens with one attached hydrogen (secondary N) is 1. The van der Waals surface area contributed by atoms with Gasteiger partial charge in [0.25, 0.3) is 0 Å². The molecule has 1 N–H and O–H groups in total. The summed E-state index contributed by atoms with van der Waals surface area (Å²) in [5.74, 6) is 0.764. The average Bonchev–Trinajstić information content (AvgIpc) is 2.26. The first-order valence-corrected chi connectivity index (χ1v) is 5.67. The summed E-state index contributed by atoms with van der Waals surface area (Å²) < 4.78 is 6.10. The van der Waals surface area contributed by atoms with Crippen LogP contribution in [0.3, 0.4) is 0 Å². The van der Waals surface area contributed by atoms with E-state index in [0.717, 1.165) is 15.8 Å². The highest BCUT2D eigenvalue weighted by Crippen LogP contribution is 2.25. The van der Waals surface area contributed by atoms with Crippen LogP contribution in [0.25, 0.3) is 6.08 Å². The lowest BCUT2D eigenvalue weighted by atomic mass is 10.2. The molecule has 0 aliphatic heterocycles. The van der Waals surface area contributed by atoms with Crippen LogP contribution in [-0.4, -0.2) is 19.6 Å². The third-order valence-electron chi connectivity index (χ3n) is 1.95. The number of rotatable bonds is 4. The van der Waals surface area contributed by atoms with Crippen molar-refractivity contribution < 1.29 is 9.53 Å². The number of hydrogen-bond donors (Lipinski definition) is 1. The number of methoxy groups -OCH3 is 1.